The van der Waals surface area contributed by atoms with Crippen molar-refractivity contribution in [2.45, 2.75) is 26.1 Å². The molecule has 2 heterocycles. The van der Waals surface area contributed by atoms with Gasteiger partial charge in [-0.05, 0) is 37.1 Å². The molecule has 1 fully saturated rings. The number of hydrogen-bond donors (Lipinski definition) is 1. The van der Waals surface area contributed by atoms with Crippen molar-refractivity contribution in [1.29, 1.82) is 0 Å². The fourth-order valence-electron chi connectivity index (χ4n) is 4.14. The van der Waals surface area contributed by atoms with Crippen molar-refractivity contribution in [3.63, 3.8) is 0 Å². The molecule has 0 spiro atoms. The molecule has 1 amide bonds. The van der Waals surface area contributed by atoms with Crippen LogP contribution in [0.5, 0.6) is 0 Å². The van der Waals surface area contributed by atoms with E-state index in [9.17, 15) is 18.0 Å². The number of nitrogens with one attached hydrogen (secondary N) is 1. The zero-order valence-corrected chi connectivity index (χ0v) is 20.5. The summed E-state index contributed by atoms with van der Waals surface area (Å²) in [6.07, 6.45) is 0. The summed E-state index contributed by atoms with van der Waals surface area (Å²) >= 11 is 0. The Bertz CT molecular complexity index is 1330. The van der Waals surface area contributed by atoms with E-state index in [4.69, 9.17) is 4.74 Å². The highest BCUT2D eigenvalue weighted by Gasteiger charge is 2.27. The molecule has 4 rings (SSSR count). The monoisotopic (exact) mass is 496 g/mol. The van der Waals surface area contributed by atoms with Gasteiger partial charge in [0.15, 0.2) is 0 Å². The largest absolute Gasteiger partial charge is 0.379 e. The molecular formula is C25H28N4O5S. The Morgan fingerprint density at radius 2 is 1.60 bits per heavy atom. The van der Waals surface area contributed by atoms with E-state index in [1.54, 1.807) is 42.8 Å². The van der Waals surface area contributed by atoms with E-state index in [-0.39, 0.29) is 17.9 Å². The molecule has 0 radical (unpaired) electrons. The Labute approximate surface area is 204 Å². The number of amides is 1. The summed E-state index contributed by atoms with van der Waals surface area (Å²) < 4.78 is 34.0. The van der Waals surface area contributed by atoms with Crippen LogP contribution in [0.4, 0.5) is 0 Å². The van der Waals surface area contributed by atoms with E-state index in [2.05, 4.69) is 10.4 Å². The number of para-hydroxylation sites is 1. The lowest BCUT2D eigenvalue weighted by atomic mass is 10.1. The number of aryl methyl sites for hydroxylation is 1. The number of ether oxygens (including phenoxy) is 1. The van der Waals surface area contributed by atoms with Crippen LogP contribution in [-0.4, -0.2) is 60.5 Å². The number of Topliss-reactive ketones (excluding diaryl/α,β-unsaturated/α-hetero) is 1. The second-order valence-corrected chi connectivity index (χ2v) is 10.3. The quantitative estimate of drug-likeness (QED) is 0.378. The van der Waals surface area contributed by atoms with E-state index in [1.165, 1.54) is 4.31 Å². The highest BCUT2D eigenvalue weighted by molar-refractivity contribution is 7.88. The fourth-order valence-corrected chi connectivity index (χ4v) is 5.71. The topological polar surface area (TPSA) is 111 Å². The molecule has 10 heteroatoms. The molecule has 3 aromatic rings. The van der Waals surface area contributed by atoms with Crippen LogP contribution < -0.4 is 5.32 Å². The lowest BCUT2D eigenvalue weighted by Gasteiger charge is -2.26. The predicted octanol–water partition coefficient (Wildman–Crippen LogP) is 2.15. The Hall–Kier alpha value is -3.34. The van der Waals surface area contributed by atoms with Crippen LogP contribution in [0, 0.1) is 13.8 Å². The van der Waals surface area contributed by atoms with Crippen molar-refractivity contribution in [3.8, 4) is 5.69 Å². The number of hydrogen-bond acceptors (Lipinski definition) is 6. The van der Waals surface area contributed by atoms with E-state index in [1.807, 2.05) is 30.3 Å². The van der Waals surface area contributed by atoms with Crippen molar-refractivity contribution in [1.82, 2.24) is 19.4 Å². The van der Waals surface area contributed by atoms with Crippen LogP contribution in [-0.2, 0) is 31.9 Å². The van der Waals surface area contributed by atoms with Crippen molar-refractivity contribution in [3.05, 3.63) is 82.7 Å². The van der Waals surface area contributed by atoms with E-state index >= 15 is 0 Å². The second kappa shape index (κ2) is 10.5. The molecule has 2 aromatic carbocycles. The van der Waals surface area contributed by atoms with Gasteiger partial charge in [0, 0.05) is 19.6 Å². The molecule has 0 unspecified atom stereocenters. The summed E-state index contributed by atoms with van der Waals surface area (Å²) in [6, 6.07) is 16.4. The number of aromatic nitrogens is 2. The van der Waals surface area contributed by atoms with Crippen LogP contribution in [0.3, 0.4) is 0 Å². The Morgan fingerprint density at radius 3 is 2.29 bits per heavy atom. The fraction of sp³-hybridized carbons (Fsp3) is 0.320. The van der Waals surface area contributed by atoms with Crippen molar-refractivity contribution >= 4 is 21.7 Å². The molecule has 1 aliphatic heterocycles. The van der Waals surface area contributed by atoms with Crippen LogP contribution in [0.2, 0.25) is 0 Å². The van der Waals surface area contributed by atoms with E-state index in [0.717, 1.165) is 5.69 Å². The smallest absolute Gasteiger partial charge is 0.292 e. The first-order chi connectivity index (χ1) is 16.8. The number of ketones is 1. The number of sulfonamides is 1. The van der Waals surface area contributed by atoms with Gasteiger partial charge in [-0.25, -0.2) is 13.1 Å². The lowest BCUT2D eigenvalue weighted by molar-refractivity contribution is -0.117. The molecule has 9 nitrogen and oxygen atoms in total. The molecule has 1 saturated heterocycles. The van der Waals surface area contributed by atoms with E-state index < -0.39 is 21.7 Å². The predicted molar refractivity (Wildman–Crippen MR) is 131 cm³/mol. The molecule has 184 valence electrons. The van der Waals surface area contributed by atoms with Crippen molar-refractivity contribution in [2.24, 2.45) is 0 Å². The Kier molecular flexibility index (Phi) is 7.44. The molecule has 1 aromatic heterocycles. The number of nitrogens with zero attached hydrogens (tertiary/aromatic N) is 3. The standard InChI is InChI=1S/C25H28N4O5S/c1-18-23(19(2)29(27-18)22-10-4-3-5-11-22)24(30)25(31)26-16-20-8-6-7-9-21(20)17-35(32,33)28-12-14-34-15-13-28/h3-11H,12-17H2,1-2H3,(H,26,31). The number of carbonyl (C=O) groups excluding carboxylic acids is 2. The van der Waals surface area contributed by atoms with Gasteiger partial charge in [0.1, 0.15) is 0 Å². The molecule has 0 saturated carbocycles. The summed E-state index contributed by atoms with van der Waals surface area (Å²) in [5.41, 5.74) is 3.31. The first kappa shape index (κ1) is 24.8. The van der Waals surface area contributed by atoms with Gasteiger partial charge in [0.05, 0.1) is 41.6 Å². The van der Waals surface area contributed by atoms with Gasteiger partial charge in [0.2, 0.25) is 10.0 Å². The van der Waals surface area contributed by atoms with Crippen LogP contribution in [0.25, 0.3) is 5.69 Å². The van der Waals surface area contributed by atoms with E-state index in [0.29, 0.717) is 48.8 Å². The summed E-state index contributed by atoms with van der Waals surface area (Å²) in [5, 5.41) is 7.09. The third-order valence-corrected chi connectivity index (χ3v) is 7.81. The first-order valence-corrected chi connectivity index (χ1v) is 13.0. The summed E-state index contributed by atoms with van der Waals surface area (Å²) in [6.45, 7) is 4.87. The maximum Gasteiger partial charge on any atom is 0.292 e. The van der Waals surface area contributed by atoms with Crippen molar-refractivity contribution in [2.75, 3.05) is 26.3 Å². The zero-order valence-electron chi connectivity index (χ0n) is 19.7. The van der Waals surface area contributed by atoms with Crippen LogP contribution in [0.1, 0.15) is 32.9 Å². The average Bonchev–Trinajstić information content (AvgIpc) is 3.17. The minimum atomic E-state index is -3.53. The molecular weight excluding hydrogens is 468 g/mol. The average molecular weight is 497 g/mol. The third-order valence-electron chi connectivity index (χ3n) is 5.98. The highest BCUT2D eigenvalue weighted by atomic mass is 32.2. The number of rotatable bonds is 8. The number of carbonyl (C=O) groups is 2. The normalized spacial score (nSPS) is 14.6. The maximum atomic E-state index is 13.0. The summed E-state index contributed by atoms with van der Waals surface area (Å²) in [5.74, 6) is -1.63. The van der Waals surface area contributed by atoms with Gasteiger partial charge in [-0.1, -0.05) is 42.5 Å². The third kappa shape index (κ3) is 5.50. The number of morpholine rings is 1. The number of benzene rings is 2. The van der Waals surface area contributed by atoms with Gasteiger partial charge < -0.3 is 10.1 Å². The summed E-state index contributed by atoms with van der Waals surface area (Å²) in [7, 11) is -3.53. The minimum Gasteiger partial charge on any atom is -0.379 e. The Balaban J connectivity index is 1.47. The maximum absolute atomic E-state index is 13.0. The SMILES string of the molecule is Cc1nn(-c2ccccc2)c(C)c1C(=O)C(=O)NCc1ccccc1CS(=O)(=O)N1CCOCC1. The van der Waals surface area contributed by atoms with Gasteiger partial charge >= 0.3 is 0 Å². The second-order valence-electron chi connectivity index (χ2n) is 8.34. The van der Waals surface area contributed by atoms with Crippen LogP contribution >= 0.6 is 0 Å². The lowest BCUT2D eigenvalue weighted by Crippen LogP contribution is -2.41. The molecule has 0 atom stereocenters. The highest BCUT2D eigenvalue weighted by Crippen LogP contribution is 2.19. The van der Waals surface area contributed by atoms with Crippen molar-refractivity contribution < 1.29 is 22.7 Å². The van der Waals surface area contributed by atoms with Gasteiger partial charge in [-0.15, -0.1) is 0 Å². The Morgan fingerprint density at radius 1 is 0.971 bits per heavy atom. The molecule has 35 heavy (non-hydrogen) atoms. The van der Waals surface area contributed by atoms with Gasteiger partial charge in [0.25, 0.3) is 11.7 Å². The van der Waals surface area contributed by atoms with Gasteiger partial charge in [-0.2, -0.15) is 9.40 Å². The minimum absolute atomic E-state index is 0.0320. The molecule has 0 aliphatic carbocycles. The molecule has 0 bridgehead atoms. The van der Waals surface area contributed by atoms with Crippen LogP contribution in [0.15, 0.2) is 54.6 Å². The first-order valence-electron chi connectivity index (χ1n) is 11.3. The molecule has 1 N–H and O–H groups in total. The van der Waals surface area contributed by atoms with Gasteiger partial charge in [-0.3, -0.25) is 9.59 Å². The zero-order chi connectivity index (χ0) is 25.0. The molecule has 1 aliphatic rings. The summed E-state index contributed by atoms with van der Waals surface area (Å²) in [4.78, 5) is 25.8.